The van der Waals surface area contributed by atoms with Crippen molar-refractivity contribution in [3.05, 3.63) is 0 Å². The molecule has 0 rings (SSSR count). The predicted molar refractivity (Wildman–Crippen MR) is 252 cm³/mol. The molecule has 0 aliphatic rings. The molecule has 0 aromatic rings. The first-order valence-electron chi connectivity index (χ1n) is 25.8. The van der Waals surface area contributed by atoms with Crippen LogP contribution in [0, 0.1) is 0 Å². The number of carbonyl (C=O) groups excluding carboxylic acids is 2. The van der Waals surface area contributed by atoms with Gasteiger partial charge in [0.05, 0.1) is 27.7 Å². The zero-order chi connectivity index (χ0) is 44.3. The maximum absolute atomic E-state index is 12.7. The molecule has 0 radical (unpaired) electrons. The third kappa shape index (κ3) is 46.5. The van der Waals surface area contributed by atoms with E-state index in [1.807, 2.05) is 21.1 Å². The van der Waals surface area contributed by atoms with E-state index in [0.29, 0.717) is 17.4 Å². The molecule has 0 bridgehead atoms. The van der Waals surface area contributed by atoms with E-state index in [4.69, 9.17) is 18.5 Å². The van der Waals surface area contributed by atoms with Gasteiger partial charge in [-0.25, -0.2) is 4.57 Å². The first kappa shape index (κ1) is 59.0. The summed E-state index contributed by atoms with van der Waals surface area (Å²) in [5.41, 5.74) is 0. The Bertz CT molecular complexity index is 990. The minimum Gasteiger partial charge on any atom is -0.462 e. The molecule has 1 N–H and O–H groups in total. The number of phosphoric acid groups is 1. The highest BCUT2D eigenvalue weighted by Gasteiger charge is 2.27. The van der Waals surface area contributed by atoms with Crippen LogP contribution in [0.2, 0.25) is 0 Å². The summed E-state index contributed by atoms with van der Waals surface area (Å²) in [5.74, 6) is -0.777. The molecule has 2 atom stereocenters. The molecule has 0 aliphatic heterocycles. The van der Waals surface area contributed by atoms with Gasteiger partial charge in [0.25, 0.3) is 0 Å². The Morgan fingerprint density at radius 1 is 0.450 bits per heavy atom. The minimum absolute atomic E-state index is 0.0372. The Morgan fingerprint density at radius 2 is 0.750 bits per heavy atom. The topological polar surface area (TPSA) is 108 Å². The lowest BCUT2D eigenvalue weighted by Gasteiger charge is -2.24. The van der Waals surface area contributed by atoms with Crippen LogP contribution in [-0.4, -0.2) is 74.9 Å². The van der Waals surface area contributed by atoms with Crippen LogP contribution < -0.4 is 0 Å². The summed E-state index contributed by atoms with van der Waals surface area (Å²) in [6, 6.07) is 0. The molecule has 358 valence electrons. The van der Waals surface area contributed by atoms with E-state index in [9.17, 15) is 19.0 Å². The summed E-state index contributed by atoms with van der Waals surface area (Å²) in [6.45, 7) is 4.49. The van der Waals surface area contributed by atoms with Crippen molar-refractivity contribution in [2.75, 3.05) is 47.5 Å². The van der Waals surface area contributed by atoms with E-state index in [1.165, 1.54) is 193 Å². The highest BCUT2D eigenvalue weighted by atomic mass is 31.2. The fourth-order valence-corrected chi connectivity index (χ4v) is 8.35. The molecule has 10 heteroatoms. The number of hydrogen-bond acceptors (Lipinski definition) is 7. The lowest BCUT2D eigenvalue weighted by molar-refractivity contribution is -0.870. The van der Waals surface area contributed by atoms with Crippen LogP contribution in [0.5, 0.6) is 0 Å². The second kappa shape index (κ2) is 43.3. The van der Waals surface area contributed by atoms with Gasteiger partial charge in [0, 0.05) is 12.8 Å². The fourth-order valence-electron chi connectivity index (χ4n) is 7.61. The first-order chi connectivity index (χ1) is 29.0. The number of unbranched alkanes of at least 4 members (excludes halogenated alkanes) is 34. The highest BCUT2D eigenvalue weighted by Crippen LogP contribution is 2.43. The molecule has 0 heterocycles. The standard InChI is InChI=1S/C50H100NO8P/c1-6-8-10-12-14-16-18-20-22-24-25-26-27-29-30-32-34-36-38-40-42-49(52)56-46-48(47-58-60(54,55)57-45-44-51(3,4)5)59-50(53)43-41-39-37-35-33-31-28-23-21-19-17-15-13-11-9-7-2/h48H,6-47H2,1-5H3/p+1. The van der Waals surface area contributed by atoms with Gasteiger partial charge < -0.3 is 18.9 Å². The summed E-state index contributed by atoms with van der Waals surface area (Å²) >= 11 is 0. The molecule has 60 heavy (non-hydrogen) atoms. The fraction of sp³-hybridized carbons (Fsp3) is 0.960. The smallest absolute Gasteiger partial charge is 0.462 e. The molecule has 0 aromatic heterocycles. The lowest BCUT2D eigenvalue weighted by Crippen LogP contribution is -2.37. The van der Waals surface area contributed by atoms with Gasteiger partial charge in [-0.15, -0.1) is 0 Å². The van der Waals surface area contributed by atoms with Gasteiger partial charge in [0.15, 0.2) is 6.10 Å². The van der Waals surface area contributed by atoms with E-state index >= 15 is 0 Å². The predicted octanol–water partition coefficient (Wildman–Crippen LogP) is 15.1. The van der Waals surface area contributed by atoms with Crippen molar-refractivity contribution in [1.29, 1.82) is 0 Å². The second-order valence-corrected chi connectivity index (χ2v) is 20.4. The molecule has 0 aromatic carbocycles. The molecule has 2 unspecified atom stereocenters. The average molecular weight is 875 g/mol. The van der Waals surface area contributed by atoms with Crippen molar-refractivity contribution in [3.8, 4) is 0 Å². The molecule has 0 fully saturated rings. The van der Waals surface area contributed by atoms with Crippen molar-refractivity contribution < 1.29 is 42.1 Å². The average Bonchev–Trinajstić information content (AvgIpc) is 3.20. The van der Waals surface area contributed by atoms with Crippen molar-refractivity contribution in [2.24, 2.45) is 0 Å². The number of esters is 2. The molecular weight excluding hydrogens is 774 g/mol. The Labute approximate surface area is 372 Å². The van der Waals surface area contributed by atoms with Gasteiger partial charge in [0.1, 0.15) is 19.8 Å². The third-order valence-electron chi connectivity index (χ3n) is 11.6. The van der Waals surface area contributed by atoms with Gasteiger partial charge in [-0.05, 0) is 12.8 Å². The van der Waals surface area contributed by atoms with Crippen LogP contribution >= 0.6 is 7.82 Å². The molecule has 0 amide bonds. The second-order valence-electron chi connectivity index (χ2n) is 18.9. The van der Waals surface area contributed by atoms with Gasteiger partial charge in [-0.3, -0.25) is 18.6 Å². The SMILES string of the molecule is CCCCCCCCCCCCCCCCCCCCCCC(=O)OCC(COP(=O)(O)OCC[N+](C)(C)C)OC(=O)CCCCCCCCCCCCCCCCCC. The molecule has 0 spiro atoms. The number of likely N-dealkylation sites (N-methyl/N-ethyl adjacent to an activating group) is 1. The maximum atomic E-state index is 12.7. The summed E-state index contributed by atoms with van der Waals surface area (Å²) in [7, 11) is 1.50. The maximum Gasteiger partial charge on any atom is 0.472 e. The summed E-state index contributed by atoms with van der Waals surface area (Å²) in [4.78, 5) is 35.5. The monoisotopic (exact) mass is 875 g/mol. The van der Waals surface area contributed by atoms with Crippen molar-refractivity contribution >= 4 is 19.8 Å². The Morgan fingerprint density at radius 3 is 1.07 bits per heavy atom. The van der Waals surface area contributed by atoms with Gasteiger partial charge in [-0.2, -0.15) is 0 Å². The van der Waals surface area contributed by atoms with Crippen molar-refractivity contribution in [2.45, 2.75) is 264 Å². The van der Waals surface area contributed by atoms with Crippen LogP contribution in [-0.2, 0) is 32.7 Å². The normalized spacial score (nSPS) is 13.4. The quantitative estimate of drug-likeness (QED) is 0.0279. The van der Waals surface area contributed by atoms with Crippen LogP contribution in [0.4, 0.5) is 0 Å². The Balaban J connectivity index is 4.18. The zero-order valence-corrected chi connectivity index (χ0v) is 41.4. The highest BCUT2D eigenvalue weighted by molar-refractivity contribution is 7.47. The number of hydrogen-bond donors (Lipinski definition) is 1. The molecular formula is C50H101NO8P+. The largest absolute Gasteiger partial charge is 0.472 e. The van der Waals surface area contributed by atoms with Gasteiger partial charge in [0.2, 0.25) is 0 Å². The van der Waals surface area contributed by atoms with E-state index in [1.54, 1.807) is 0 Å². The Kier molecular flexibility index (Phi) is 42.6. The number of rotatable bonds is 48. The lowest BCUT2D eigenvalue weighted by atomic mass is 10.0. The van der Waals surface area contributed by atoms with Crippen molar-refractivity contribution in [3.63, 3.8) is 0 Å². The van der Waals surface area contributed by atoms with Gasteiger partial charge >= 0.3 is 19.8 Å². The van der Waals surface area contributed by atoms with Crippen LogP contribution in [0.25, 0.3) is 0 Å². The molecule has 0 saturated carbocycles. The number of nitrogens with zero attached hydrogens (tertiary/aromatic N) is 1. The van der Waals surface area contributed by atoms with E-state index in [-0.39, 0.29) is 25.6 Å². The van der Waals surface area contributed by atoms with Gasteiger partial charge in [-0.1, -0.05) is 232 Å². The molecule has 0 aliphatic carbocycles. The summed E-state index contributed by atoms with van der Waals surface area (Å²) in [6.07, 6.45) is 45.8. The summed E-state index contributed by atoms with van der Waals surface area (Å²) in [5, 5.41) is 0. The molecule has 0 saturated heterocycles. The van der Waals surface area contributed by atoms with Crippen LogP contribution in [0.1, 0.15) is 258 Å². The minimum atomic E-state index is -4.37. The first-order valence-corrected chi connectivity index (χ1v) is 27.3. The zero-order valence-electron chi connectivity index (χ0n) is 40.5. The van der Waals surface area contributed by atoms with Crippen molar-refractivity contribution in [1.82, 2.24) is 0 Å². The number of quaternary nitrogens is 1. The van der Waals surface area contributed by atoms with Crippen LogP contribution in [0.3, 0.4) is 0 Å². The number of phosphoric ester groups is 1. The van der Waals surface area contributed by atoms with E-state index in [0.717, 1.165) is 38.5 Å². The summed E-state index contributed by atoms with van der Waals surface area (Å²) < 4.78 is 34.5. The van der Waals surface area contributed by atoms with E-state index < -0.39 is 26.5 Å². The Hall–Kier alpha value is -0.990. The number of ether oxygens (including phenoxy) is 2. The van der Waals surface area contributed by atoms with E-state index in [2.05, 4.69) is 13.8 Å². The third-order valence-corrected chi connectivity index (χ3v) is 12.6. The van der Waals surface area contributed by atoms with Crippen LogP contribution in [0.15, 0.2) is 0 Å². The molecule has 9 nitrogen and oxygen atoms in total. The number of carbonyl (C=O) groups is 2.